The largest absolute Gasteiger partial charge is 0.351 e. The average Bonchev–Trinajstić information content (AvgIpc) is 3.20. The fourth-order valence-electron chi connectivity index (χ4n) is 3.02. The van der Waals surface area contributed by atoms with Crippen molar-refractivity contribution in [3.05, 3.63) is 61.8 Å². The number of fused-ring (bicyclic) bond motifs is 1. The minimum Gasteiger partial charge on any atom is -0.351 e. The highest BCUT2D eigenvalue weighted by Crippen LogP contribution is 2.27. The van der Waals surface area contributed by atoms with Crippen LogP contribution in [0.1, 0.15) is 39.7 Å². The van der Waals surface area contributed by atoms with Gasteiger partial charge in [0, 0.05) is 12.6 Å². The summed E-state index contributed by atoms with van der Waals surface area (Å²) in [6.07, 6.45) is 4.23. The molecule has 1 aromatic heterocycles. The topological polar surface area (TPSA) is 41.1 Å². The van der Waals surface area contributed by atoms with E-state index in [-0.39, 0.29) is 5.91 Å². The van der Waals surface area contributed by atoms with E-state index in [4.69, 9.17) is 11.6 Å². The van der Waals surface area contributed by atoms with Crippen LogP contribution in [0.5, 0.6) is 0 Å². The first-order valence-electron chi connectivity index (χ1n) is 8.60. The third kappa shape index (κ3) is 4.72. The number of benzene rings is 1. The van der Waals surface area contributed by atoms with E-state index < -0.39 is 0 Å². The molecule has 1 heterocycles. The maximum Gasteiger partial charge on any atom is 0.261 e. The summed E-state index contributed by atoms with van der Waals surface area (Å²) in [5.74, 6) is -0.0470. The third-order valence-corrected chi connectivity index (χ3v) is 5.71. The molecule has 25 heavy (non-hydrogen) atoms. The monoisotopic (exact) mass is 374 g/mol. The van der Waals surface area contributed by atoms with Crippen molar-refractivity contribution in [1.82, 2.24) is 10.6 Å². The number of amides is 1. The summed E-state index contributed by atoms with van der Waals surface area (Å²) in [6, 6.07) is 10.5. The Morgan fingerprint density at radius 3 is 2.88 bits per heavy atom. The van der Waals surface area contributed by atoms with Gasteiger partial charge in [0.25, 0.3) is 5.91 Å². The van der Waals surface area contributed by atoms with Crippen molar-refractivity contribution >= 4 is 34.9 Å². The smallest absolute Gasteiger partial charge is 0.261 e. The van der Waals surface area contributed by atoms with Crippen LogP contribution in [0.4, 0.5) is 0 Å². The molecule has 132 valence electrons. The van der Waals surface area contributed by atoms with Gasteiger partial charge in [-0.25, -0.2) is 0 Å². The molecule has 0 aliphatic heterocycles. The summed E-state index contributed by atoms with van der Waals surface area (Å²) < 4.78 is 0.640. The van der Waals surface area contributed by atoms with Crippen LogP contribution in [0, 0.1) is 6.92 Å². The third-order valence-electron chi connectivity index (χ3n) is 4.48. The summed E-state index contributed by atoms with van der Waals surface area (Å²) in [7, 11) is 0. The molecule has 0 radical (unpaired) electrons. The van der Waals surface area contributed by atoms with Crippen LogP contribution in [0.25, 0.3) is 6.08 Å². The van der Waals surface area contributed by atoms with Crippen molar-refractivity contribution in [2.24, 2.45) is 0 Å². The molecule has 1 aliphatic carbocycles. The van der Waals surface area contributed by atoms with Gasteiger partial charge in [0.1, 0.15) is 0 Å². The van der Waals surface area contributed by atoms with Crippen molar-refractivity contribution in [2.75, 3.05) is 13.1 Å². The lowest BCUT2D eigenvalue weighted by atomic mass is 10.0. The van der Waals surface area contributed by atoms with Crippen molar-refractivity contribution in [1.29, 1.82) is 0 Å². The van der Waals surface area contributed by atoms with Crippen LogP contribution in [-0.4, -0.2) is 25.0 Å². The Balaban J connectivity index is 1.38. The second kappa shape index (κ2) is 8.17. The standard InChI is InChI=1S/C20H23ClN2OS/c1-13-4-5-15-11-16(12-17(15)10-13)14(2)22-8-3-9-23-20(24)18-6-7-19(21)25-18/h4-7,10,12,14,22H,3,8-9,11H2,1-2H3,(H,23,24). The van der Waals surface area contributed by atoms with Crippen molar-refractivity contribution in [3.8, 4) is 0 Å². The first kappa shape index (κ1) is 18.2. The quantitative estimate of drug-likeness (QED) is 0.703. The normalized spacial score (nSPS) is 14.1. The van der Waals surface area contributed by atoms with Crippen LogP contribution in [0.15, 0.2) is 35.9 Å². The Morgan fingerprint density at radius 1 is 1.28 bits per heavy atom. The van der Waals surface area contributed by atoms with Gasteiger partial charge in [0.05, 0.1) is 9.21 Å². The second-order valence-corrected chi connectivity index (χ2v) is 8.20. The zero-order valence-electron chi connectivity index (χ0n) is 14.6. The molecule has 3 rings (SSSR count). The molecule has 1 aromatic carbocycles. The number of hydrogen-bond donors (Lipinski definition) is 2. The predicted molar refractivity (Wildman–Crippen MR) is 107 cm³/mol. The maximum atomic E-state index is 11.9. The zero-order chi connectivity index (χ0) is 17.8. The molecular weight excluding hydrogens is 352 g/mol. The Hall–Kier alpha value is -1.62. The minimum atomic E-state index is -0.0470. The molecule has 0 fully saturated rings. The van der Waals surface area contributed by atoms with E-state index in [1.54, 1.807) is 12.1 Å². The summed E-state index contributed by atoms with van der Waals surface area (Å²) in [6.45, 7) is 5.87. The first-order valence-corrected chi connectivity index (χ1v) is 9.79. The molecule has 1 unspecified atom stereocenters. The SMILES string of the molecule is Cc1ccc2c(c1)C=C(C(C)NCCCNC(=O)c1ccc(Cl)s1)C2. The number of carbonyl (C=O) groups is 1. The Morgan fingerprint density at radius 2 is 2.12 bits per heavy atom. The zero-order valence-corrected chi connectivity index (χ0v) is 16.1. The minimum absolute atomic E-state index is 0.0470. The van der Waals surface area contributed by atoms with Crippen molar-refractivity contribution in [2.45, 2.75) is 32.7 Å². The van der Waals surface area contributed by atoms with Gasteiger partial charge in [-0.1, -0.05) is 41.4 Å². The molecular formula is C20H23ClN2OS. The van der Waals surface area contributed by atoms with Gasteiger partial charge in [-0.3, -0.25) is 4.79 Å². The van der Waals surface area contributed by atoms with E-state index in [2.05, 4.69) is 48.8 Å². The molecule has 0 bridgehead atoms. The number of nitrogens with one attached hydrogen (secondary N) is 2. The van der Waals surface area contributed by atoms with Crippen LogP contribution >= 0.6 is 22.9 Å². The number of thiophene rings is 1. The Labute approximate surface area is 158 Å². The van der Waals surface area contributed by atoms with Gasteiger partial charge < -0.3 is 10.6 Å². The van der Waals surface area contributed by atoms with E-state index in [0.717, 1.165) is 19.4 Å². The van der Waals surface area contributed by atoms with Gasteiger partial charge in [-0.05, 0) is 62.1 Å². The Bertz CT molecular complexity index is 797. The number of rotatable bonds is 7. The first-order chi connectivity index (χ1) is 12.0. The summed E-state index contributed by atoms with van der Waals surface area (Å²) in [5, 5.41) is 6.49. The van der Waals surface area contributed by atoms with Crippen LogP contribution in [0.2, 0.25) is 4.34 Å². The van der Waals surface area contributed by atoms with Gasteiger partial charge >= 0.3 is 0 Å². The lowest BCUT2D eigenvalue weighted by molar-refractivity contribution is 0.0957. The van der Waals surface area contributed by atoms with E-state index in [0.29, 0.717) is 21.8 Å². The van der Waals surface area contributed by atoms with Gasteiger partial charge in [0.15, 0.2) is 0 Å². The fraction of sp³-hybridized carbons (Fsp3) is 0.350. The number of halogens is 1. The lowest BCUT2D eigenvalue weighted by Crippen LogP contribution is -2.32. The predicted octanol–water partition coefficient (Wildman–Crippen LogP) is 4.45. The van der Waals surface area contributed by atoms with Crippen LogP contribution in [0.3, 0.4) is 0 Å². The molecule has 3 nitrogen and oxygen atoms in total. The summed E-state index contributed by atoms with van der Waals surface area (Å²) in [4.78, 5) is 12.6. The summed E-state index contributed by atoms with van der Waals surface area (Å²) in [5.41, 5.74) is 5.50. The van der Waals surface area contributed by atoms with Crippen molar-refractivity contribution in [3.63, 3.8) is 0 Å². The molecule has 0 saturated heterocycles. The highest BCUT2D eigenvalue weighted by Gasteiger charge is 2.17. The number of hydrogen-bond acceptors (Lipinski definition) is 3. The average molecular weight is 375 g/mol. The van der Waals surface area contributed by atoms with E-state index >= 15 is 0 Å². The molecule has 1 aliphatic rings. The molecule has 5 heteroatoms. The van der Waals surface area contributed by atoms with Crippen LogP contribution in [-0.2, 0) is 6.42 Å². The van der Waals surface area contributed by atoms with E-state index in [1.807, 2.05) is 0 Å². The molecule has 1 amide bonds. The van der Waals surface area contributed by atoms with Gasteiger partial charge in [-0.15, -0.1) is 11.3 Å². The highest BCUT2D eigenvalue weighted by molar-refractivity contribution is 7.17. The number of carbonyl (C=O) groups excluding carboxylic acids is 1. The second-order valence-electron chi connectivity index (χ2n) is 6.49. The lowest BCUT2D eigenvalue weighted by Gasteiger charge is -2.15. The van der Waals surface area contributed by atoms with E-state index in [9.17, 15) is 4.79 Å². The number of aryl methyl sites for hydroxylation is 1. The van der Waals surface area contributed by atoms with Crippen LogP contribution < -0.4 is 10.6 Å². The molecule has 1 atom stereocenters. The van der Waals surface area contributed by atoms with Gasteiger partial charge in [0.2, 0.25) is 0 Å². The highest BCUT2D eigenvalue weighted by atomic mass is 35.5. The fourth-order valence-corrected chi connectivity index (χ4v) is 3.98. The molecule has 0 spiro atoms. The summed E-state index contributed by atoms with van der Waals surface area (Å²) >= 11 is 7.16. The molecule has 2 aromatic rings. The molecule has 0 saturated carbocycles. The Kier molecular flexibility index (Phi) is 5.94. The van der Waals surface area contributed by atoms with E-state index in [1.165, 1.54) is 33.6 Å². The maximum absolute atomic E-state index is 11.9. The molecule has 2 N–H and O–H groups in total. The van der Waals surface area contributed by atoms with Crippen molar-refractivity contribution < 1.29 is 4.79 Å². The van der Waals surface area contributed by atoms with Gasteiger partial charge in [-0.2, -0.15) is 0 Å².